The average molecular weight is 402 g/mol. The van der Waals surface area contributed by atoms with E-state index >= 15 is 0 Å². The molecule has 8 heteroatoms. The number of rotatable bonds is 6. The zero-order valence-electron chi connectivity index (χ0n) is 15.6. The molecule has 0 radical (unpaired) electrons. The fraction of sp³-hybridized carbons (Fsp3) is 0.0476. The van der Waals surface area contributed by atoms with Gasteiger partial charge in [0.05, 0.1) is 5.69 Å². The number of anilines is 2. The Morgan fingerprint density at radius 2 is 1.72 bits per heavy atom. The Morgan fingerprint density at radius 3 is 2.45 bits per heavy atom. The lowest BCUT2D eigenvalue weighted by Gasteiger charge is -2.15. The standard InChI is InChI=1S/C21H18N6OS/c1-27(21-22-12-5-13-23-21)29-17-10-8-16(9-11-17)24-20(28)19-14-18(25-26-19)15-6-3-2-4-7-15/h2-14H,1H3,(H,24,28)(H,25,26). The highest BCUT2D eigenvalue weighted by atomic mass is 32.2. The quantitative estimate of drug-likeness (QED) is 0.469. The number of carbonyl (C=O) groups excluding carboxylic acids is 1. The van der Waals surface area contributed by atoms with Crippen molar-refractivity contribution in [3.05, 3.63) is 84.8 Å². The third kappa shape index (κ3) is 4.61. The number of nitrogens with one attached hydrogen (secondary N) is 2. The van der Waals surface area contributed by atoms with Crippen LogP contribution < -0.4 is 9.62 Å². The lowest BCUT2D eigenvalue weighted by molar-refractivity contribution is 0.102. The van der Waals surface area contributed by atoms with Crippen LogP contribution >= 0.6 is 11.9 Å². The van der Waals surface area contributed by atoms with Gasteiger partial charge in [-0.1, -0.05) is 30.3 Å². The number of hydrogen-bond acceptors (Lipinski definition) is 6. The Hall–Kier alpha value is -3.65. The smallest absolute Gasteiger partial charge is 0.273 e. The van der Waals surface area contributed by atoms with Gasteiger partial charge < -0.3 is 5.32 Å². The Bertz CT molecular complexity index is 1080. The summed E-state index contributed by atoms with van der Waals surface area (Å²) in [5, 5.41) is 9.89. The molecule has 0 unspecified atom stereocenters. The van der Waals surface area contributed by atoms with E-state index < -0.39 is 0 Å². The second-order valence-electron chi connectivity index (χ2n) is 6.15. The molecule has 2 N–H and O–H groups in total. The van der Waals surface area contributed by atoms with E-state index in [0.29, 0.717) is 17.3 Å². The van der Waals surface area contributed by atoms with Crippen molar-refractivity contribution in [1.82, 2.24) is 20.2 Å². The molecule has 4 aromatic rings. The molecule has 2 aromatic heterocycles. The minimum Gasteiger partial charge on any atom is -0.321 e. The minimum absolute atomic E-state index is 0.241. The number of hydrogen-bond donors (Lipinski definition) is 2. The molecule has 144 valence electrons. The Morgan fingerprint density at radius 1 is 1.00 bits per heavy atom. The fourth-order valence-electron chi connectivity index (χ4n) is 2.65. The zero-order valence-corrected chi connectivity index (χ0v) is 16.4. The molecule has 0 spiro atoms. The number of carbonyl (C=O) groups is 1. The summed E-state index contributed by atoms with van der Waals surface area (Å²) in [5.74, 6) is 0.387. The van der Waals surface area contributed by atoms with Crippen LogP contribution in [-0.2, 0) is 0 Å². The molecule has 29 heavy (non-hydrogen) atoms. The van der Waals surface area contributed by atoms with Gasteiger partial charge in [-0.15, -0.1) is 0 Å². The van der Waals surface area contributed by atoms with Gasteiger partial charge in [0.15, 0.2) is 0 Å². The number of nitrogens with zero attached hydrogens (tertiary/aromatic N) is 4. The zero-order chi connectivity index (χ0) is 20.1. The summed E-state index contributed by atoms with van der Waals surface area (Å²) in [6, 6.07) is 20.8. The van der Waals surface area contributed by atoms with E-state index in [1.807, 2.05) is 66.0 Å². The molecule has 0 saturated heterocycles. The molecule has 0 atom stereocenters. The summed E-state index contributed by atoms with van der Waals surface area (Å²) in [5.41, 5.74) is 2.79. The summed E-state index contributed by atoms with van der Waals surface area (Å²) >= 11 is 1.50. The number of benzene rings is 2. The normalized spacial score (nSPS) is 10.5. The number of aromatic nitrogens is 4. The maximum Gasteiger partial charge on any atom is 0.273 e. The second-order valence-corrected chi connectivity index (χ2v) is 7.35. The highest BCUT2D eigenvalue weighted by molar-refractivity contribution is 8.00. The van der Waals surface area contributed by atoms with Gasteiger partial charge in [-0.25, -0.2) is 9.97 Å². The highest BCUT2D eigenvalue weighted by Crippen LogP contribution is 2.25. The van der Waals surface area contributed by atoms with Gasteiger partial charge in [-0.2, -0.15) is 5.10 Å². The molecule has 1 amide bonds. The molecule has 0 fully saturated rings. The van der Waals surface area contributed by atoms with Crippen LogP contribution in [0.25, 0.3) is 11.3 Å². The summed E-state index contributed by atoms with van der Waals surface area (Å²) in [7, 11) is 1.90. The first-order valence-electron chi connectivity index (χ1n) is 8.90. The third-order valence-corrected chi connectivity index (χ3v) is 5.00. The van der Waals surface area contributed by atoms with E-state index in [1.54, 1.807) is 24.5 Å². The predicted molar refractivity (Wildman–Crippen MR) is 115 cm³/mol. The first-order chi connectivity index (χ1) is 14.2. The summed E-state index contributed by atoms with van der Waals surface area (Å²) < 4.78 is 1.88. The minimum atomic E-state index is -0.241. The van der Waals surface area contributed by atoms with E-state index in [1.165, 1.54) is 11.9 Å². The summed E-state index contributed by atoms with van der Waals surface area (Å²) in [6.07, 6.45) is 3.41. The molecule has 0 aliphatic rings. The van der Waals surface area contributed by atoms with Crippen molar-refractivity contribution < 1.29 is 4.79 Å². The van der Waals surface area contributed by atoms with Crippen molar-refractivity contribution in [2.24, 2.45) is 0 Å². The topological polar surface area (TPSA) is 86.8 Å². The molecule has 0 aliphatic heterocycles. The van der Waals surface area contributed by atoms with Gasteiger partial charge in [-0.05, 0) is 48.3 Å². The van der Waals surface area contributed by atoms with Crippen LogP contribution in [0, 0.1) is 0 Å². The summed E-state index contributed by atoms with van der Waals surface area (Å²) in [4.78, 5) is 21.9. The Labute approximate surface area is 172 Å². The van der Waals surface area contributed by atoms with Crippen LogP contribution in [0.15, 0.2) is 84.0 Å². The summed E-state index contributed by atoms with van der Waals surface area (Å²) in [6.45, 7) is 0. The Kier molecular flexibility index (Phi) is 5.53. The van der Waals surface area contributed by atoms with E-state index in [4.69, 9.17) is 0 Å². The van der Waals surface area contributed by atoms with Gasteiger partial charge in [-0.3, -0.25) is 14.2 Å². The molecule has 0 saturated carbocycles. The van der Waals surface area contributed by atoms with Crippen molar-refractivity contribution in [3.63, 3.8) is 0 Å². The van der Waals surface area contributed by atoms with Crippen molar-refractivity contribution in [3.8, 4) is 11.3 Å². The van der Waals surface area contributed by atoms with E-state index in [9.17, 15) is 4.79 Å². The van der Waals surface area contributed by atoms with Crippen molar-refractivity contribution in [2.45, 2.75) is 4.90 Å². The van der Waals surface area contributed by atoms with Crippen molar-refractivity contribution in [2.75, 3.05) is 16.7 Å². The largest absolute Gasteiger partial charge is 0.321 e. The van der Waals surface area contributed by atoms with Gasteiger partial charge in [0.2, 0.25) is 5.95 Å². The van der Waals surface area contributed by atoms with Crippen molar-refractivity contribution >= 4 is 29.5 Å². The van der Waals surface area contributed by atoms with Crippen LogP contribution in [-0.4, -0.2) is 33.1 Å². The van der Waals surface area contributed by atoms with Crippen LogP contribution in [0.1, 0.15) is 10.5 Å². The van der Waals surface area contributed by atoms with E-state index in [0.717, 1.165) is 16.2 Å². The second kappa shape index (κ2) is 8.57. The fourth-order valence-corrected chi connectivity index (χ4v) is 3.40. The maximum absolute atomic E-state index is 12.5. The van der Waals surface area contributed by atoms with Crippen LogP contribution in [0.5, 0.6) is 0 Å². The molecule has 4 rings (SSSR count). The first kappa shape index (κ1) is 18.7. The highest BCUT2D eigenvalue weighted by Gasteiger charge is 2.12. The van der Waals surface area contributed by atoms with Crippen molar-refractivity contribution in [1.29, 1.82) is 0 Å². The number of aromatic amines is 1. The lowest BCUT2D eigenvalue weighted by Crippen LogP contribution is -2.12. The van der Waals surface area contributed by atoms with E-state index in [-0.39, 0.29) is 5.91 Å². The van der Waals surface area contributed by atoms with Crippen LogP contribution in [0.3, 0.4) is 0 Å². The van der Waals surface area contributed by atoms with Gasteiger partial charge >= 0.3 is 0 Å². The van der Waals surface area contributed by atoms with Gasteiger partial charge in [0.25, 0.3) is 5.91 Å². The molecule has 7 nitrogen and oxygen atoms in total. The molecule has 2 aromatic carbocycles. The van der Waals surface area contributed by atoms with E-state index in [2.05, 4.69) is 25.5 Å². The molecule has 2 heterocycles. The first-order valence-corrected chi connectivity index (χ1v) is 9.67. The predicted octanol–water partition coefficient (Wildman–Crippen LogP) is 4.26. The molecular formula is C21H18N6OS. The lowest BCUT2D eigenvalue weighted by atomic mass is 10.1. The third-order valence-electron chi connectivity index (χ3n) is 4.08. The number of H-pyrrole nitrogens is 1. The molecular weight excluding hydrogens is 384 g/mol. The maximum atomic E-state index is 12.5. The average Bonchev–Trinajstić information content (AvgIpc) is 3.27. The Balaban J connectivity index is 1.39. The van der Waals surface area contributed by atoms with Gasteiger partial charge in [0.1, 0.15) is 5.69 Å². The molecule has 0 aliphatic carbocycles. The van der Waals surface area contributed by atoms with Gasteiger partial charge in [0, 0.05) is 35.6 Å². The monoisotopic (exact) mass is 402 g/mol. The molecule has 0 bridgehead atoms. The SMILES string of the molecule is CN(Sc1ccc(NC(=O)c2cc(-c3ccccc3)n[nH]2)cc1)c1ncccn1. The number of amides is 1. The van der Waals surface area contributed by atoms with Crippen LogP contribution in [0.2, 0.25) is 0 Å². The van der Waals surface area contributed by atoms with Crippen LogP contribution in [0.4, 0.5) is 11.6 Å².